The third-order valence-corrected chi connectivity index (χ3v) is 3.35. The molecule has 4 rings (SSSR count). The zero-order valence-electron chi connectivity index (χ0n) is 12.3. The molecular formula is C18H14O5. The van der Waals surface area contributed by atoms with Crippen molar-refractivity contribution in [3.05, 3.63) is 60.6 Å². The molecule has 0 aliphatic rings. The number of fused-ring (bicyclic) bond motifs is 2. The van der Waals surface area contributed by atoms with E-state index >= 15 is 0 Å². The van der Waals surface area contributed by atoms with Gasteiger partial charge in [0.05, 0.1) is 10.8 Å². The summed E-state index contributed by atoms with van der Waals surface area (Å²) in [6, 6.07) is 14.3. The van der Waals surface area contributed by atoms with Crippen LogP contribution in [0.2, 0.25) is 0 Å². The minimum atomic E-state index is -0.270. The highest BCUT2D eigenvalue weighted by atomic mass is 16.4. The quantitative estimate of drug-likeness (QED) is 0.506. The van der Waals surface area contributed by atoms with Crippen LogP contribution in [-0.2, 0) is 0 Å². The Morgan fingerprint density at radius 3 is 2.13 bits per heavy atom. The number of Topliss-reactive ketones (excluding diaryl/α,β-unsaturated/α-hetero) is 1. The molecule has 0 unspecified atom stereocenters. The molecule has 0 aliphatic carbocycles. The Bertz CT molecular complexity index is 977. The average Bonchev–Trinajstić information content (AvgIpc) is 3.10. The number of hydrogen-bond donors (Lipinski definition) is 2. The maximum Gasteiger partial charge on any atom is 0.212 e. The van der Waals surface area contributed by atoms with Crippen LogP contribution in [0.25, 0.3) is 21.9 Å². The summed E-state index contributed by atoms with van der Waals surface area (Å²) >= 11 is 0. The second kappa shape index (κ2) is 5.88. The number of ketones is 1. The molecule has 0 spiro atoms. The Hall–Kier alpha value is -3.21. The third kappa shape index (κ3) is 2.76. The monoisotopic (exact) mass is 310 g/mol. The summed E-state index contributed by atoms with van der Waals surface area (Å²) in [5.41, 5.74) is 1.25. The number of carbonyl (C=O) groups excluding carboxylic acids is 1. The Morgan fingerprint density at radius 2 is 1.52 bits per heavy atom. The van der Waals surface area contributed by atoms with Crippen LogP contribution in [0.4, 0.5) is 0 Å². The first-order chi connectivity index (χ1) is 11.1. The van der Waals surface area contributed by atoms with Crippen molar-refractivity contribution in [2.45, 2.75) is 6.92 Å². The summed E-state index contributed by atoms with van der Waals surface area (Å²) in [7, 11) is 0. The molecule has 0 amide bonds. The number of carbonyl (C=O) groups is 1. The van der Waals surface area contributed by atoms with E-state index in [9.17, 15) is 9.90 Å². The van der Waals surface area contributed by atoms with Crippen LogP contribution in [0.5, 0.6) is 11.5 Å². The fraction of sp³-hybridized carbons (Fsp3) is 0.0556. The van der Waals surface area contributed by atoms with Gasteiger partial charge in [-0.2, -0.15) is 0 Å². The Balaban J connectivity index is 0.000000140. The SMILES string of the molecule is CC(=O)c1oc2ccccc2c1O.Oc1coc2ccccc12. The van der Waals surface area contributed by atoms with E-state index in [1.807, 2.05) is 24.3 Å². The van der Waals surface area contributed by atoms with Gasteiger partial charge >= 0.3 is 0 Å². The first kappa shape index (κ1) is 14.7. The van der Waals surface area contributed by atoms with Crippen LogP contribution in [0.15, 0.2) is 63.6 Å². The van der Waals surface area contributed by atoms with Gasteiger partial charge in [0.15, 0.2) is 17.3 Å². The molecule has 0 saturated carbocycles. The standard InChI is InChI=1S/C10H8O3.C8H6O2/c1-6(11)10-9(12)7-4-2-3-5-8(7)13-10;9-7-5-10-8-4-2-1-3-6(7)8/h2-5,12H,1H3;1-5,9H. The zero-order valence-corrected chi connectivity index (χ0v) is 12.3. The summed E-state index contributed by atoms with van der Waals surface area (Å²) in [4.78, 5) is 11.0. The minimum Gasteiger partial charge on any atom is -0.504 e. The molecule has 5 heteroatoms. The molecule has 4 aromatic rings. The highest BCUT2D eigenvalue weighted by Crippen LogP contribution is 2.31. The van der Waals surface area contributed by atoms with E-state index in [4.69, 9.17) is 13.9 Å². The number of furan rings is 2. The van der Waals surface area contributed by atoms with Crippen LogP contribution in [0.1, 0.15) is 17.5 Å². The first-order valence-corrected chi connectivity index (χ1v) is 6.94. The van der Waals surface area contributed by atoms with Crippen LogP contribution in [0.3, 0.4) is 0 Å². The van der Waals surface area contributed by atoms with E-state index in [-0.39, 0.29) is 23.0 Å². The van der Waals surface area contributed by atoms with Crippen molar-refractivity contribution in [2.24, 2.45) is 0 Å². The number of benzene rings is 2. The van der Waals surface area contributed by atoms with Crippen LogP contribution < -0.4 is 0 Å². The normalized spacial score (nSPS) is 10.5. The molecule has 0 saturated heterocycles. The molecule has 0 atom stereocenters. The fourth-order valence-corrected chi connectivity index (χ4v) is 2.23. The molecule has 2 N–H and O–H groups in total. The summed E-state index contributed by atoms with van der Waals surface area (Å²) in [5, 5.41) is 20.0. The van der Waals surface area contributed by atoms with Crippen molar-refractivity contribution in [1.82, 2.24) is 0 Å². The van der Waals surface area contributed by atoms with E-state index in [1.165, 1.54) is 13.2 Å². The molecule has 0 bridgehead atoms. The summed E-state index contributed by atoms with van der Waals surface area (Å²) in [6.07, 6.45) is 1.34. The van der Waals surface area contributed by atoms with Crippen molar-refractivity contribution < 1.29 is 23.8 Å². The van der Waals surface area contributed by atoms with Gasteiger partial charge in [-0.3, -0.25) is 4.79 Å². The van der Waals surface area contributed by atoms with Crippen molar-refractivity contribution in [3.8, 4) is 11.5 Å². The Morgan fingerprint density at radius 1 is 0.913 bits per heavy atom. The van der Waals surface area contributed by atoms with Gasteiger partial charge in [0.25, 0.3) is 0 Å². The number of para-hydroxylation sites is 2. The molecule has 23 heavy (non-hydrogen) atoms. The third-order valence-electron chi connectivity index (χ3n) is 3.35. The molecular weight excluding hydrogens is 296 g/mol. The van der Waals surface area contributed by atoms with Gasteiger partial charge in [0.2, 0.25) is 5.76 Å². The lowest BCUT2D eigenvalue weighted by Crippen LogP contribution is -1.87. The number of hydrogen-bond acceptors (Lipinski definition) is 5. The van der Waals surface area contributed by atoms with Crippen molar-refractivity contribution in [3.63, 3.8) is 0 Å². The molecule has 5 nitrogen and oxygen atoms in total. The van der Waals surface area contributed by atoms with E-state index < -0.39 is 0 Å². The van der Waals surface area contributed by atoms with Crippen LogP contribution >= 0.6 is 0 Å². The summed E-state index contributed by atoms with van der Waals surface area (Å²) in [5.74, 6) is -0.103. The predicted octanol–water partition coefficient (Wildman–Crippen LogP) is 4.48. The van der Waals surface area contributed by atoms with Gasteiger partial charge in [0.1, 0.15) is 17.4 Å². The van der Waals surface area contributed by atoms with Gasteiger partial charge < -0.3 is 19.0 Å². The van der Waals surface area contributed by atoms with Gasteiger partial charge in [-0.25, -0.2) is 0 Å². The predicted molar refractivity (Wildman–Crippen MR) is 85.8 cm³/mol. The van der Waals surface area contributed by atoms with Gasteiger partial charge in [-0.05, 0) is 24.3 Å². The largest absolute Gasteiger partial charge is 0.504 e. The second-order valence-electron chi connectivity index (χ2n) is 4.95. The molecule has 0 aliphatic heterocycles. The smallest absolute Gasteiger partial charge is 0.212 e. The maximum atomic E-state index is 11.0. The van der Waals surface area contributed by atoms with Gasteiger partial charge in [-0.1, -0.05) is 24.3 Å². The van der Waals surface area contributed by atoms with E-state index in [0.29, 0.717) is 11.0 Å². The van der Waals surface area contributed by atoms with E-state index in [1.54, 1.807) is 24.3 Å². The molecule has 2 heterocycles. The second-order valence-corrected chi connectivity index (χ2v) is 4.95. The van der Waals surface area contributed by atoms with E-state index in [2.05, 4.69) is 0 Å². The van der Waals surface area contributed by atoms with Gasteiger partial charge in [0, 0.05) is 6.92 Å². The van der Waals surface area contributed by atoms with E-state index in [0.717, 1.165) is 11.0 Å². The lowest BCUT2D eigenvalue weighted by atomic mass is 10.2. The van der Waals surface area contributed by atoms with Crippen molar-refractivity contribution in [1.29, 1.82) is 0 Å². The molecule has 2 aromatic heterocycles. The maximum absolute atomic E-state index is 11.0. The fourth-order valence-electron chi connectivity index (χ4n) is 2.23. The minimum absolute atomic E-state index is 0.0289. The lowest BCUT2D eigenvalue weighted by molar-refractivity contribution is 0.0985. The first-order valence-electron chi connectivity index (χ1n) is 6.94. The average molecular weight is 310 g/mol. The number of rotatable bonds is 1. The zero-order chi connectivity index (χ0) is 16.4. The summed E-state index contributed by atoms with van der Waals surface area (Å²) < 4.78 is 10.2. The topological polar surface area (TPSA) is 83.8 Å². The summed E-state index contributed by atoms with van der Waals surface area (Å²) in [6.45, 7) is 1.36. The molecule has 116 valence electrons. The van der Waals surface area contributed by atoms with Gasteiger partial charge in [-0.15, -0.1) is 0 Å². The Labute approximate surface area is 131 Å². The number of aromatic hydroxyl groups is 2. The molecule has 0 radical (unpaired) electrons. The van der Waals surface area contributed by atoms with Crippen LogP contribution in [-0.4, -0.2) is 16.0 Å². The van der Waals surface area contributed by atoms with Crippen molar-refractivity contribution in [2.75, 3.05) is 0 Å². The van der Waals surface area contributed by atoms with Crippen LogP contribution in [0, 0.1) is 0 Å². The molecule has 0 fully saturated rings. The molecule has 2 aromatic carbocycles. The highest BCUT2D eigenvalue weighted by molar-refractivity contribution is 6.01. The highest BCUT2D eigenvalue weighted by Gasteiger charge is 2.15. The van der Waals surface area contributed by atoms with Crippen molar-refractivity contribution >= 4 is 27.7 Å². The lowest BCUT2D eigenvalue weighted by Gasteiger charge is -1.87. The Kier molecular flexibility index (Phi) is 3.76.